The Kier molecular flexibility index (Phi) is 4.23. The van der Waals surface area contributed by atoms with Crippen LogP contribution in [0.4, 0.5) is 5.69 Å². The van der Waals surface area contributed by atoms with Crippen molar-refractivity contribution in [3.05, 3.63) is 65.2 Å². The van der Waals surface area contributed by atoms with Crippen LogP contribution in [-0.4, -0.2) is 17.0 Å². The summed E-state index contributed by atoms with van der Waals surface area (Å²) in [7, 11) is 0. The minimum Gasteiger partial charge on any atom is -0.479 e. The van der Waals surface area contributed by atoms with E-state index in [2.05, 4.69) is 5.32 Å². The van der Waals surface area contributed by atoms with Crippen LogP contribution in [0.1, 0.15) is 27.5 Å². The maximum Gasteiger partial charge on any atom is 0.330 e. The molecular formula is C16H16N2O3. The number of rotatable bonds is 4. The number of aliphatic carboxylic acids is 1. The third-order valence-corrected chi connectivity index (χ3v) is 3.20. The second kappa shape index (κ2) is 6.09. The first-order valence-corrected chi connectivity index (χ1v) is 6.44. The third kappa shape index (κ3) is 3.39. The van der Waals surface area contributed by atoms with Crippen LogP contribution in [0.25, 0.3) is 0 Å². The molecule has 0 aliphatic rings. The van der Waals surface area contributed by atoms with E-state index in [1.807, 2.05) is 6.92 Å². The van der Waals surface area contributed by atoms with Gasteiger partial charge in [0.25, 0.3) is 5.91 Å². The number of benzene rings is 2. The highest BCUT2D eigenvalue weighted by molar-refractivity contribution is 5.97. The topological polar surface area (TPSA) is 92.4 Å². The largest absolute Gasteiger partial charge is 0.479 e. The van der Waals surface area contributed by atoms with Crippen LogP contribution in [0.5, 0.6) is 0 Å². The lowest BCUT2D eigenvalue weighted by Gasteiger charge is -2.15. The predicted octanol–water partition coefficient (Wildman–Crippen LogP) is 2.13. The fourth-order valence-corrected chi connectivity index (χ4v) is 1.93. The number of carboxylic acids is 1. The molecule has 0 bridgehead atoms. The van der Waals surface area contributed by atoms with Crippen LogP contribution < -0.4 is 11.1 Å². The molecule has 0 fully saturated rings. The van der Waals surface area contributed by atoms with Crippen molar-refractivity contribution in [3.8, 4) is 0 Å². The van der Waals surface area contributed by atoms with Crippen LogP contribution in [-0.2, 0) is 4.79 Å². The molecule has 0 saturated carbocycles. The monoisotopic (exact) mass is 284 g/mol. The maximum atomic E-state index is 12.2. The number of aryl methyl sites for hydroxylation is 1. The summed E-state index contributed by atoms with van der Waals surface area (Å²) < 4.78 is 0. The number of carboxylic acid groups (broad SMARTS) is 1. The molecule has 1 atom stereocenters. The van der Waals surface area contributed by atoms with Gasteiger partial charge < -0.3 is 16.2 Å². The number of nitrogen functional groups attached to an aromatic ring is 1. The molecule has 1 amide bonds. The van der Waals surface area contributed by atoms with Crippen molar-refractivity contribution in [2.45, 2.75) is 13.0 Å². The molecule has 21 heavy (non-hydrogen) atoms. The van der Waals surface area contributed by atoms with Crippen molar-refractivity contribution in [2.75, 3.05) is 5.73 Å². The number of hydrogen-bond acceptors (Lipinski definition) is 3. The molecule has 0 heterocycles. The molecule has 4 N–H and O–H groups in total. The Labute approximate surface area is 122 Å². The van der Waals surface area contributed by atoms with Gasteiger partial charge in [0.15, 0.2) is 6.04 Å². The summed E-state index contributed by atoms with van der Waals surface area (Å²) in [4.78, 5) is 23.5. The minimum absolute atomic E-state index is 0.334. The standard InChI is InChI=1S/C16H16N2O3/c1-10-7-8-12(9-13(10)17)15(19)18-14(16(20)21)11-5-3-2-4-6-11/h2-9,14H,17H2,1H3,(H,18,19)(H,20,21)/t14-/m0/s1. The van der Waals surface area contributed by atoms with Gasteiger partial charge in [0.1, 0.15) is 0 Å². The number of hydrogen-bond donors (Lipinski definition) is 3. The van der Waals surface area contributed by atoms with Crippen molar-refractivity contribution in [3.63, 3.8) is 0 Å². The van der Waals surface area contributed by atoms with Crippen molar-refractivity contribution >= 4 is 17.6 Å². The highest BCUT2D eigenvalue weighted by atomic mass is 16.4. The van der Waals surface area contributed by atoms with E-state index in [0.29, 0.717) is 16.8 Å². The Hall–Kier alpha value is -2.82. The second-order valence-corrected chi connectivity index (χ2v) is 4.73. The summed E-state index contributed by atoms with van der Waals surface area (Å²) in [6.07, 6.45) is 0. The smallest absolute Gasteiger partial charge is 0.330 e. The molecule has 0 unspecified atom stereocenters. The van der Waals surface area contributed by atoms with E-state index in [-0.39, 0.29) is 0 Å². The zero-order valence-corrected chi connectivity index (χ0v) is 11.5. The average molecular weight is 284 g/mol. The Balaban J connectivity index is 2.23. The van der Waals surface area contributed by atoms with Gasteiger partial charge >= 0.3 is 5.97 Å². The van der Waals surface area contributed by atoms with Crippen molar-refractivity contribution in [2.24, 2.45) is 0 Å². The van der Waals surface area contributed by atoms with Gasteiger partial charge in [0, 0.05) is 11.3 Å². The van der Waals surface area contributed by atoms with Crippen LogP contribution in [0.2, 0.25) is 0 Å². The quantitative estimate of drug-likeness (QED) is 0.750. The highest BCUT2D eigenvalue weighted by Gasteiger charge is 2.22. The van der Waals surface area contributed by atoms with Crippen molar-refractivity contribution < 1.29 is 14.7 Å². The van der Waals surface area contributed by atoms with Crippen LogP contribution in [0.15, 0.2) is 48.5 Å². The lowest BCUT2D eigenvalue weighted by Crippen LogP contribution is -2.33. The maximum absolute atomic E-state index is 12.2. The van der Waals surface area contributed by atoms with Gasteiger partial charge in [-0.05, 0) is 30.2 Å². The Bertz CT molecular complexity index is 668. The number of anilines is 1. The zero-order valence-electron chi connectivity index (χ0n) is 11.5. The number of carbonyl (C=O) groups is 2. The normalized spacial score (nSPS) is 11.7. The fourth-order valence-electron chi connectivity index (χ4n) is 1.93. The van der Waals surface area contributed by atoms with Crippen LogP contribution in [0, 0.1) is 6.92 Å². The Morgan fingerprint density at radius 3 is 2.38 bits per heavy atom. The molecule has 5 nitrogen and oxygen atoms in total. The first-order valence-electron chi connectivity index (χ1n) is 6.44. The summed E-state index contributed by atoms with van der Waals surface area (Å²) in [5.41, 5.74) is 7.97. The van der Waals surface area contributed by atoms with Crippen molar-refractivity contribution in [1.82, 2.24) is 5.32 Å². The molecule has 0 aromatic heterocycles. The summed E-state index contributed by atoms with van der Waals surface area (Å²) in [6, 6.07) is 12.3. The molecule has 2 aromatic carbocycles. The predicted molar refractivity (Wildman–Crippen MR) is 79.9 cm³/mol. The average Bonchev–Trinajstić information content (AvgIpc) is 2.48. The van der Waals surface area contributed by atoms with Gasteiger partial charge in [-0.1, -0.05) is 36.4 Å². The summed E-state index contributed by atoms with van der Waals surface area (Å²) in [5.74, 6) is -1.59. The van der Waals surface area contributed by atoms with E-state index in [1.54, 1.807) is 42.5 Å². The molecule has 108 valence electrons. The van der Waals surface area contributed by atoms with Crippen molar-refractivity contribution in [1.29, 1.82) is 0 Å². The fraction of sp³-hybridized carbons (Fsp3) is 0.125. The molecule has 0 spiro atoms. The molecule has 0 aliphatic heterocycles. The molecule has 5 heteroatoms. The van der Waals surface area contributed by atoms with E-state index < -0.39 is 17.9 Å². The molecule has 0 saturated heterocycles. The molecular weight excluding hydrogens is 268 g/mol. The number of carbonyl (C=O) groups excluding carboxylic acids is 1. The van der Waals surface area contributed by atoms with Gasteiger partial charge in [0.2, 0.25) is 0 Å². The van der Waals surface area contributed by atoms with E-state index >= 15 is 0 Å². The van der Waals surface area contributed by atoms with Gasteiger partial charge in [-0.3, -0.25) is 4.79 Å². The van der Waals surface area contributed by atoms with Gasteiger partial charge in [-0.25, -0.2) is 4.79 Å². The van der Waals surface area contributed by atoms with E-state index in [4.69, 9.17) is 5.73 Å². The van der Waals surface area contributed by atoms with E-state index in [1.165, 1.54) is 6.07 Å². The number of amides is 1. The molecule has 2 rings (SSSR count). The molecule has 2 aromatic rings. The van der Waals surface area contributed by atoms with E-state index in [0.717, 1.165) is 5.56 Å². The van der Waals surface area contributed by atoms with Crippen LogP contribution in [0.3, 0.4) is 0 Å². The minimum atomic E-state index is -1.12. The Morgan fingerprint density at radius 1 is 1.14 bits per heavy atom. The zero-order chi connectivity index (χ0) is 15.4. The van der Waals surface area contributed by atoms with E-state index in [9.17, 15) is 14.7 Å². The third-order valence-electron chi connectivity index (χ3n) is 3.20. The first kappa shape index (κ1) is 14.6. The SMILES string of the molecule is Cc1ccc(C(=O)N[C@H](C(=O)O)c2ccccc2)cc1N. The van der Waals surface area contributed by atoms with Gasteiger partial charge in [-0.15, -0.1) is 0 Å². The lowest BCUT2D eigenvalue weighted by molar-refractivity contribution is -0.139. The Morgan fingerprint density at radius 2 is 1.81 bits per heavy atom. The van der Waals surface area contributed by atoms with Crippen LogP contribution >= 0.6 is 0 Å². The first-order chi connectivity index (χ1) is 9.99. The van der Waals surface area contributed by atoms with Gasteiger partial charge in [-0.2, -0.15) is 0 Å². The number of nitrogens with one attached hydrogen (secondary N) is 1. The molecule has 0 aliphatic carbocycles. The lowest BCUT2D eigenvalue weighted by atomic mass is 10.1. The highest BCUT2D eigenvalue weighted by Crippen LogP contribution is 2.16. The second-order valence-electron chi connectivity index (χ2n) is 4.73. The molecule has 0 radical (unpaired) electrons. The number of nitrogens with two attached hydrogens (primary N) is 1. The summed E-state index contributed by atoms with van der Waals surface area (Å²) >= 11 is 0. The summed E-state index contributed by atoms with van der Waals surface area (Å²) in [6.45, 7) is 1.83. The summed E-state index contributed by atoms with van der Waals surface area (Å²) in [5, 5.41) is 11.8. The van der Waals surface area contributed by atoms with Gasteiger partial charge in [0.05, 0.1) is 0 Å².